The van der Waals surface area contributed by atoms with Crippen molar-refractivity contribution in [2.75, 3.05) is 32.1 Å². The number of carbonyl (C=O) groups is 1. The molecule has 1 unspecified atom stereocenters. The first-order valence-electron chi connectivity index (χ1n) is 13.2. The molecule has 196 valence electrons. The molecule has 0 bridgehead atoms. The average Bonchev–Trinajstić information content (AvgIpc) is 2.85. The second kappa shape index (κ2) is 11.6. The maximum absolute atomic E-state index is 14.5. The first kappa shape index (κ1) is 26.4. The Balaban J connectivity index is 1.38. The predicted octanol–water partition coefficient (Wildman–Crippen LogP) is 5.71. The second-order valence-electron chi connectivity index (χ2n) is 11.1. The van der Waals surface area contributed by atoms with Gasteiger partial charge in [-0.1, -0.05) is 12.1 Å². The fraction of sp³-hybridized carbons (Fsp3) is 0.586. The van der Waals surface area contributed by atoms with Crippen LogP contribution in [-0.4, -0.2) is 48.2 Å². The lowest BCUT2D eigenvalue weighted by Gasteiger charge is -2.38. The third-order valence-corrected chi connectivity index (χ3v) is 7.19. The standard InChI is InChI=1S/C29H40FN3O3/c1-29(2,3)36-27(34)19-25(22-9-12-26(35-4)24(30)18-22)33-16-13-20(14-17-33)7-10-23-11-8-21-6-5-15-31-28(21)32-23/h8-9,11-12,18,20,25H,5-7,10,13-17,19H2,1-4H3,(H,31,32). The topological polar surface area (TPSA) is 63.7 Å². The van der Waals surface area contributed by atoms with E-state index in [-0.39, 0.29) is 24.2 Å². The van der Waals surface area contributed by atoms with Crippen molar-refractivity contribution >= 4 is 11.8 Å². The largest absolute Gasteiger partial charge is 0.494 e. The number of methoxy groups -OCH3 is 1. The van der Waals surface area contributed by atoms with Gasteiger partial charge in [-0.15, -0.1) is 0 Å². The first-order valence-corrected chi connectivity index (χ1v) is 13.2. The Labute approximate surface area is 214 Å². The van der Waals surface area contributed by atoms with Crippen LogP contribution in [0.4, 0.5) is 10.2 Å². The third kappa shape index (κ3) is 6.96. The van der Waals surface area contributed by atoms with Gasteiger partial charge < -0.3 is 14.8 Å². The van der Waals surface area contributed by atoms with Crippen molar-refractivity contribution < 1.29 is 18.7 Å². The Morgan fingerprint density at radius 2 is 2.00 bits per heavy atom. The Morgan fingerprint density at radius 3 is 2.69 bits per heavy atom. The van der Waals surface area contributed by atoms with Crippen LogP contribution in [0, 0.1) is 11.7 Å². The number of aryl methyl sites for hydroxylation is 2. The molecule has 2 aliphatic rings. The smallest absolute Gasteiger partial charge is 0.308 e. The number of hydrogen-bond donors (Lipinski definition) is 1. The number of halogens is 1. The minimum absolute atomic E-state index is 0.194. The normalized spacial score (nSPS) is 17.7. The molecule has 0 spiro atoms. The molecule has 2 aromatic rings. The molecule has 36 heavy (non-hydrogen) atoms. The molecule has 1 atom stereocenters. The molecule has 7 heteroatoms. The van der Waals surface area contributed by atoms with Gasteiger partial charge in [-0.3, -0.25) is 9.69 Å². The van der Waals surface area contributed by atoms with Crippen LogP contribution in [-0.2, 0) is 22.4 Å². The average molecular weight is 498 g/mol. The fourth-order valence-electron chi connectivity index (χ4n) is 5.30. The molecule has 0 aliphatic carbocycles. The monoisotopic (exact) mass is 497 g/mol. The van der Waals surface area contributed by atoms with E-state index in [0.717, 1.165) is 68.8 Å². The summed E-state index contributed by atoms with van der Waals surface area (Å²) in [5.41, 5.74) is 2.70. The number of pyridine rings is 1. The van der Waals surface area contributed by atoms with E-state index in [1.54, 1.807) is 6.07 Å². The number of ether oxygens (including phenoxy) is 2. The van der Waals surface area contributed by atoms with Gasteiger partial charge in [0, 0.05) is 18.3 Å². The molecule has 1 saturated heterocycles. The molecule has 0 saturated carbocycles. The summed E-state index contributed by atoms with van der Waals surface area (Å²) < 4.78 is 25.2. The Hall–Kier alpha value is -2.67. The number of esters is 1. The molecular formula is C29H40FN3O3. The Morgan fingerprint density at radius 1 is 1.22 bits per heavy atom. The molecule has 3 heterocycles. The Bertz CT molecular complexity index is 1040. The number of nitrogens with one attached hydrogen (secondary N) is 1. The number of aromatic nitrogens is 1. The molecule has 1 fully saturated rings. The van der Waals surface area contributed by atoms with Gasteiger partial charge in [0.1, 0.15) is 11.4 Å². The predicted molar refractivity (Wildman–Crippen MR) is 140 cm³/mol. The fourth-order valence-corrected chi connectivity index (χ4v) is 5.30. The number of benzene rings is 1. The summed E-state index contributed by atoms with van der Waals surface area (Å²) >= 11 is 0. The van der Waals surface area contributed by atoms with Crippen molar-refractivity contribution in [3.63, 3.8) is 0 Å². The van der Waals surface area contributed by atoms with E-state index in [1.807, 2.05) is 26.8 Å². The van der Waals surface area contributed by atoms with Crippen LogP contribution < -0.4 is 10.1 Å². The van der Waals surface area contributed by atoms with E-state index < -0.39 is 11.4 Å². The van der Waals surface area contributed by atoms with Crippen molar-refractivity contribution in [2.24, 2.45) is 5.92 Å². The number of carbonyl (C=O) groups excluding carboxylic acids is 1. The molecule has 1 aromatic carbocycles. The molecule has 1 aromatic heterocycles. The van der Waals surface area contributed by atoms with Crippen LogP contribution >= 0.6 is 0 Å². The number of likely N-dealkylation sites (tertiary alicyclic amines) is 1. The van der Waals surface area contributed by atoms with Crippen molar-refractivity contribution in [1.82, 2.24) is 9.88 Å². The van der Waals surface area contributed by atoms with E-state index in [9.17, 15) is 9.18 Å². The molecule has 4 rings (SSSR count). The highest BCUT2D eigenvalue weighted by molar-refractivity contribution is 5.71. The summed E-state index contributed by atoms with van der Waals surface area (Å²) in [7, 11) is 1.46. The number of fused-ring (bicyclic) bond motifs is 1. The highest BCUT2D eigenvalue weighted by atomic mass is 19.1. The van der Waals surface area contributed by atoms with Gasteiger partial charge in [0.05, 0.1) is 13.5 Å². The highest BCUT2D eigenvalue weighted by Gasteiger charge is 2.30. The zero-order chi connectivity index (χ0) is 25.7. The van der Waals surface area contributed by atoms with Gasteiger partial charge in [0.15, 0.2) is 11.6 Å². The van der Waals surface area contributed by atoms with Gasteiger partial charge in [0.25, 0.3) is 0 Å². The van der Waals surface area contributed by atoms with Crippen LogP contribution in [0.3, 0.4) is 0 Å². The van der Waals surface area contributed by atoms with Gasteiger partial charge in [-0.25, -0.2) is 9.37 Å². The van der Waals surface area contributed by atoms with E-state index >= 15 is 0 Å². The zero-order valence-electron chi connectivity index (χ0n) is 22.1. The van der Waals surface area contributed by atoms with Crippen LogP contribution in [0.1, 0.15) is 75.7 Å². The van der Waals surface area contributed by atoms with E-state index in [2.05, 4.69) is 22.3 Å². The Kier molecular flexibility index (Phi) is 8.50. The quantitative estimate of drug-likeness (QED) is 0.472. The molecular weight excluding hydrogens is 457 g/mol. The number of nitrogens with zero attached hydrogens (tertiary/aromatic N) is 2. The molecule has 2 aliphatic heterocycles. The van der Waals surface area contributed by atoms with E-state index in [1.165, 1.54) is 25.2 Å². The molecule has 0 amide bonds. The minimum atomic E-state index is -0.556. The summed E-state index contributed by atoms with van der Waals surface area (Å²) in [6.07, 6.45) is 6.65. The van der Waals surface area contributed by atoms with Crippen molar-refractivity contribution in [3.8, 4) is 5.75 Å². The number of anilines is 1. The lowest BCUT2D eigenvalue weighted by atomic mass is 9.89. The minimum Gasteiger partial charge on any atom is -0.494 e. The molecule has 0 radical (unpaired) electrons. The first-order chi connectivity index (χ1) is 17.2. The van der Waals surface area contributed by atoms with Gasteiger partial charge in [-0.05, 0) is 108 Å². The van der Waals surface area contributed by atoms with Crippen LogP contribution in [0.15, 0.2) is 30.3 Å². The number of rotatable bonds is 8. The lowest BCUT2D eigenvalue weighted by molar-refractivity contribution is -0.156. The summed E-state index contributed by atoms with van der Waals surface area (Å²) in [5, 5.41) is 3.43. The van der Waals surface area contributed by atoms with Gasteiger partial charge in [0.2, 0.25) is 0 Å². The van der Waals surface area contributed by atoms with Gasteiger partial charge in [-0.2, -0.15) is 0 Å². The molecule has 1 N–H and O–H groups in total. The number of piperidine rings is 1. The van der Waals surface area contributed by atoms with E-state index in [4.69, 9.17) is 14.5 Å². The van der Waals surface area contributed by atoms with Crippen LogP contribution in [0.5, 0.6) is 5.75 Å². The van der Waals surface area contributed by atoms with Crippen molar-refractivity contribution in [2.45, 2.75) is 77.4 Å². The van der Waals surface area contributed by atoms with Crippen molar-refractivity contribution in [1.29, 1.82) is 0 Å². The lowest BCUT2D eigenvalue weighted by Crippen LogP contribution is -2.38. The van der Waals surface area contributed by atoms with Gasteiger partial charge >= 0.3 is 5.97 Å². The maximum Gasteiger partial charge on any atom is 0.308 e. The summed E-state index contributed by atoms with van der Waals surface area (Å²) in [4.78, 5) is 19.9. The summed E-state index contributed by atoms with van der Waals surface area (Å²) in [6, 6.07) is 9.17. The zero-order valence-corrected chi connectivity index (χ0v) is 22.1. The summed E-state index contributed by atoms with van der Waals surface area (Å²) in [6.45, 7) is 8.34. The van der Waals surface area contributed by atoms with Crippen LogP contribution in [0.25, 0.3) is 0 Å². The summed E-state index contributed by atoms with van der Waals surface area (Å²) in [5.74, 6) is 1.20. The second-order valence-corrected chi connectivity index (χ2v) is 11.1. The van der Waals surface area contributed by atoms with E-state index in [0.29, 0.717) is 5.92 Å². The molecule has 6 nitrogen and oxygen atoms in total. The maximum atomic E-state index is 14.5. The third-order valence-electron chi connectivity index (χ3n) is 7.19. The highest BCUT2D eigenvalue weighted by Crippen LogP contribution is 2.33. The number of hydrogen-bond acceptors (Lipinski definition) is 6. The van der Waals surface area contributed by atoms with Crippen LogP contribution in [0.2, 0.25) is 0 Å². The van der Waals surface area contributed by atoms with Crippen molar-refractivity contribution in [3.05, 3.63) is 53.0 Å². The SMILES string of the molecule is COc1ccc(C(CC(=O)OC(C)(C)C)N2CCC(CCc3ccc4c(n3)NCCC4)CC2)cc1F.